The maximum atomic E-state index is 5.20. The standard InChI is InChI=1S/C13H13N3/c1-2-3-6-9-14-13-11-7-4-5-8-12(11)15-10-16-13/h1,4-5,7-8,10H,3,6,9H2,(H,14,15,16). The first-order valence-corrected chi connectivity index (χ1v) is 5.29. The van der Waals surface area contributed by atoms with Gasteiger partial charge < -0.3 is 5.32 Å². The molecule has 2 aromatic rings. The molecular weight excluding hydrogens is 198 g/mol. The maximum Gasteiger partial charge on any atom is 0.137 e. The predicted octanol–water partition coefficient (Wildman–Crippen LogP) is 2.46. The Hall–Kier alpha value is -2.08. The Labute approximate surface area is 94.9 Å². The van der Waals surface area contributed by atoms with E-state index < -0.39 is 0 Å². The number of hydrogen-bond donors (Lipinski definition) is 1. The van der Waals surface area contributed by atoms with Gasteiger partial charge in [0.05, 0.1) is 5.52 Å². The van der Waals surface area contributed by atoms with Gasteiger partial charge in [-0.3, -0.25) is 0 Å². The zero-order valence-electron chi connectivity index (χ0n) is 8.98. The van der Waals surface area contributed by atoms with Crippen molar-refractivity contribution >= 4 is 16.7 Å². The number of rotatable bonds is 4. The quantitative estimate of drug-likeness (QED) is 0.623. The van der Waals surface area contributed by atoms with E-state index in [1.54, 1.807) is 6.33 Å². The normalized spacial score (nSPS) is 9.94. The Balaban J connectivity index is 2.15. The topological polar surface area (TPSA) is 37.8 Å². The Morgan fingerprint density at radius 3 is 3.00 bits per heavy atom. The van der Waals surface area contributed by atoms with Gasteiger partial charge in [-0.1, -0.05) is 12.1 Å². The Morgan fingerprint density at radius 1 is 1.25 bits per heavy atom. The molecule has 0 atom stereocenters. The minimum absolute atomic E-state index is 0.788. The van der Waals surface area contributed by atoms with Crippen LogP contribution in [0.15, 0.2) is 30.6 Å². The van der Waals surface area contributed by atoms with Gasteiger partial charge in [-0.05, 0) is 18.6 Å². The Bertz CT molecular complexity index is 509. The summed E-state index contributed by atoms with van der Waals surface area (Å²) in [5.74, 6) is 3.50. The van der Waals surface area contributed by atoms with Gasteiger partial charge in [-0.25, -0.2) is 9.97 Å². The number of nitrogens with one attached hydrogen (secondary N) is 1. The number of terminal acetylenes is 1. The summed E-state index contributed by atoms with van der Waals surface area (Å²) in [4.78, 5) is 8.43. The van der Waals surface area contributed by atoms with Gasteiger partial charge in [0.1, 0.15) is 12.1 Å². The SMILES string of the molecule is C#CCCCNc1ncnc2ccccc12. The second-order valence-corrected chi connectivity index (χ2v) is 3.47. The molecule has 3 heteroatoms. The van der Waals surface area contributed by atoms with Crippen molar-refractivity contribution < 1.29 is 0 Å². The van der Waals surface area contributed by atoms with Crippen molar-refractivity contribution in [3.63, 3.8) is 0 Å². The molecule has 0 saturated carbocycles. The third-order valence-electron chi connectivity index (χ3n) is 2.33. The molecule has 1 N–H and O–H groups in total. The van der Waals surface area contributed by atoms with E-state index >= 15 is 0 Å². The van der Waals surface area contributed by atoms with Crippen molar-refractivity contribution in [2.24, 2.45) is 0 Å². The second kappa shape index (κ2) is 5.13. The van der Waals surface area contributed by atoms with E-state index in [-0.39, 0.29) is 0 Å². The monoisotopic (exact) mass is 211 g/mol. The lowest BCUT2D eigenvalue weighted by molar-refractivity contribution is 0.902. The van der Waals surface area contributed by atoms with E-state index in [0.717, 1.165) is 36.1 Å². The molecule has 3 nitrogen and oxygen atoms in total. The largest absolute Gasteiger partial charge is 0.369 e. The molecule has 2 rings (SSSR count). The lowest BCUT2D eigenvalue weighted by Crippen LogP contribution is -2.03. The van der Waals surface area contributed by atoms with Crippen LogP contribution in [0.25, 0.3) is 10.9 Å². The number of unbranched alkanes of at least 4 members (excludes halogenated alkanes) is 1. The molecule has 1 aromatic heterocycles. The molecular formula is C13H13N3. The smallest absolute Gasteiger partial charge is 0.137 e. The number of aromatic nitrogens is 2. The van der Waals surface area contributed by atoms with Gasteiger partial charge >= 0.3 is 0 Å². The van der Waals surface area contributed by atoms with Crippen molar-refractivity contribution in [1.29, 1.82) is 0 Å². The fraction of sp³-hybridized carbons (Fsp3) is 0.231. The fourth-order valence-corrected chi connectivity index (χ4v) is 1.54. The van der Waals surface area contributed by atoms with E-state index in [2.05, 4.69) is 21.2 Å². The fourth-order valence-electron chi connectivity index (χ4n) is 1.54. The van der Waals surface area contributed by atoms with Crippen LogP contribution < -0.4 is 5.32 Å². The van der Waals surface area contributed by atoms with Crippen LogP contribution >= 0.6 is 0 Å². The summed E-state index contributed by atoms with van der Waals surface area (Å²) < 4.78 is 0. The van der Waals surface area contributed by atoms with E-state index in [1.807, 2.05) is 24.3 Å². The zero-order valence-corrected chi connectivity index (χ0v) is 8.98. The molecule has 80 valence electrons. The molecule has 0 aliphatic heterocycles. The molecule has 0 saturated heterocycles. The van der Waals surface area contributed by atoms with Crippen LogP contribution in [-0.4, -0.2) is 16.5 Å². The molecule has 0 fully saturated rings. The molecule has 1 heterocycles. The highest BCUT2D eigenvalue weighted by Gasteiger charge is 2.00. The van der Waals surface area contributed by atoms with Gasteiger partial charge in [0.15, 0.2) is 0 Å². The van der Waals surface area contributed by atoms with E-state index in [4.69, 9.17) is 6.42 Å². The Morgan fingerprint density at radius 2 is 2.12 bits per heavy atom. The number of para-hydroxylation sites is 1. The summed E-state index contributed by atoms with van der Waals surface area (Å²) in [6.07, 6.45) is 8.51. The number of hydrogen-bond acceptors (Lipinski definition) is 3. The number of anilines is 1. The molecule has 0 bridgehead atoms. The third kappa shape index (κ3) is 2.29. The van der Waals surface area contributed by atoms with Crippen LogP contribution in [0.4, 0.5) is 5.82 Å². The zero-order chi connectivity index (χ0) is 11.2. The van der Waals surface area contributed by atoms with Crippen molar-refractivity contribution in [1.82, 2.24) is 9.97 Å². The highest BCUT2D eigenvalue weighted by molar-refractivity contribution is 5.88. The second-order valence-electron chi connectivity index (χ2n) is 3.47. The average Bonchev–Trinajstić information content (AvgIpc) is 2.35. The molecule has 0 radical (unpaired) electrons. The van der Waals surface area contributed by atoms with Crippen molar-refractivity contribution in [3.8, 4) is 12.3 Å². The summed E-state index contributed by atoms with van der Waals surface area (Å²) in [6, 6.07) is 7.94. The molecule has 16 heavy (non-hydrogen) atoms. The summed E-state index contributed by atoms with van der Waals surface area (Å²) >= 11 is 0. The van der Waals surface area contributed by atoms with Crippen LogP contribution in [0.5, 0.6) is 0 Å². The number of fused-ring (bicyclic) bond motifs is 1. The Kier molecular flexibility index (Phi) is 3.35. The van der Waals surface area contributed by atoms with Crippen molar-refractivity contribution in [2.75, 3.05) is 11.9 Å². The minimum Gasteiger partial charge on any atom is -0.369 e. The van der Waals surface area contributed by atoms with Crippen LogP contribution in [-0.2, 0) is 0 Å². The summed E-state index contributed by atoms with van der Waals surface area (Å²) in [7, 11) is 0. The van der Waals surface area contributed by atoms with Gasteiger partial charge in [0, 0.05) is 18.4 Å². The highest BCUT2D eigenvalue weighted by Crippen LogP contribution is 2.17. The van der Waals surface area contributed by atoms with Crippen LogP contribution in [0.2, 0.25) is 0 Å². The van der Waals surface area contributed by atoms with Crippen molar-refractivity contribution in [2.45, 2.75) is 12.8 Å². The highest BCUT2D eigenvalue weighted by atomic mass is 15.0. The van der Waals surface area contributed by atoms with Gasteiger partial charge in [-0.15, -0.1) is 12.3 Å². The molecule has 0 spiro atoms. The molecule has 0 unspecified atom stereocenters. The molecule has 0 aliphatic rings. The maximum absolute atomic E-state index is 5.20. The lowest BCUT2D eigenvalue weighted by Gasteiger charge is -2.06. The van der Waals surface area contributed by atoms with Gasteiger partial charge in [-0.2, -0.15) is 0 Å². The van der Waals surface area contributed by atoms with Crippen LogP contribution in [0, 0.1) is 12.3 Å². The molecule has 0 amide bonds. The lowest BCUT2D eigenvalue weighted by atomic mass is 10.2. The summed E-state index contributed by atoms with van der Waals surface area (Å²) in [5.41, 5.74) is 0.956. The summed E-state index contributed by atoms with van der Waals surface area (Å²) in [5, 5.41) is 4.32. The first-order chi connectivity index (χ1) is 7.92. The molecule has 1 aromatic carbocycles. The average molecular weight is 211 g/mol. The van der Waals surface area contributed by atoms with Crippen LogP contribution in [0.1, 0.15) is 12.8 Å². The number of benzene rings is 1. The minimum atomic E-state index is 0.788. The van der Waals surface area contributed by atoms with Crippen molar-refractivity contribution in [3.05, 3.63) is 30.6 Å². The van der Waals surface area contributed by atoms with E-state index in [9.17, 15) is 0 Å². The number of nitrogens with zero attached hydrogens (tertiary/aromatic N) is 2. The predicted molar refractivity (Wildman–Crippen MR) is 66.1 cm³/mol. The molecule has 0 aliphatic carbocycles. The third-order valence-corrected chi connectivity index (χ3v) is 2.33. The first-order valence-electron chi connectivity index (χ1n) is 5.29. The van der Waals surface area contributed by atoms with Gasteiger partial charge in [0.25, 0.3) is 0 Å². The first kappa shape index (κ1) is 10.4. The summed E-state index contributed by atoms with van der Waals surface area (Å²) in [6.45, 7) is 0.838. The van der Waals surface area contributed by atoms with E-state index in [0.29, 0.717) is 0 Å². The van der Waals surface area contributed by atoms with E-state index in [1.165, 1.54) is 0 Å². The van der Waals surface area contributed by atoms with Gasteiger partial charge in [0.2, 0.25) is 0 Å². The van der Waals surface area contributed by atoms with Crippen LogP contribution in [0.3, 0.4) is 0 Å².